The lowest BCUT2D eigenvalue weighted by Gasteiger charge is -2.35. The van der Waals surface area contributed by atoms with Gasteiger partial charge in [0, 0.05) is 12.4 Å². The molecule has 0 amide bonds. The molecule has 104 valence electrons. The second-order valence-corrected chi connectivity index (χ2v) is 5.28. The molecule has 1 heterocycles. The van der Waals surface area contributed by atoms with E-state index in [9.17, 15) is 4.79 Å². The maximum atomic E-state index is 11.9. The fourth-order valence-corrected chi connectivity index (χ4v) is 2.47. The number of pyridine rings is 1. The summed E-state index contributed by atoms with van der Waals surface area (Å²) in [5, 5.41) is 0. The quantitative estimate of drug-likeness (QED) is 0.784. The molecule has 1 saturated carbocycles. The van der Waals surface area contributed by atoms with Gasteiger partial charge in [-0.25, -0.2) is 0 Å². The van der Waals surface area contributed by atoms with Gasteiger partial charge >= 0.3 is 5.97 Å². The summed E-state index contributed by atoms with van der Waals surface area (Å²) in [6.07, 6.45) is 7.05. The maximum Gasteiger partial charge on any atom is 0.311 e. The van der Waals surface area contributed by atoms with Crippen molar-refractivity contribution >= 4 is 5.97 Å². The van der Waals surface area contributed by atoms with Crippen LogP contribution in [0.1, 0.15) is 39.5 Å². The van der Waals surface area contributed by atoms with Crippen LogP contribution in [-0.4, -0.2) is 23.7 Å². The van der Waals surface area contributed by atoms with Gasteiger partial charge in [0.15, 0.2) is 0 Å². The molecule has 1 fully saturated rings. The van der Waals surface area contributed by atoms with E-state index in [4.69, 9.17) is 9.47 Å². The van der Waals surface area contributed by atoms with Gasteiger partial charge in [0.25, 0.3) is 0 Å². The minimum Gasteiger partial charge on any atom is -0.490 e. The molecule has 0 aromatic carbocycles. The average Bonchev–Trinajstić information content (AvgIpc) is 2.43. The lowest BCUT2D eigenvalue weighted by Crippen LogP contribution is -2.37. The molecule has 0 unspecified atom stereocenters. The Morgan fingerprint density at radius 3 is 2.58 bits per heavy atom. The highest BCUT2D eigenvalue weighted by Crippen LogP contribution is 2.38. The monoisotopic (exact) mass is 263 g/mol. The van der Waals surface area contributed by atoms with Crippen LogP contribution in [-0.2, 0) is 9.53 Å². The summed E-state index contributed by atoms with van der Waals surface area (Å²) in [5.74, 6) is 0.775. The molecule has 2 rings (SSSR count). The van der Waals surface area contributed by atoms with E-state index in [1.54, 1.807) is 12.4 Å². The minimum atomic E-state index is -0.339. The van der Waals surface area contributed by atoms with Gasteiger partial charge in [-0.2, -0.15) is 0 Å². The number of ether oxygens (including phenoxy) is 2. The lowest BCUT2D eigenvalue weighted by atomic mass is 9.74. The highest BCUT2D eigenvalue weighted by Gasteiger charge is 2.39. The van der Waals surface area contributed by atoms with E-state index in [-0.39, 0.29) is 17.5 Å². The molecule has 0 bridgehead atoms. The second kappa shape index (κ2) is 6.04. The molecule has 0 spiro atoms. The van der Waals surface area contributed by atoms with E-state index < -0.39 is 0 Å². The normalized spacial score (nSPS) is 26.7. The van der Waals surface area contributed by atoms with Crippen LogP contribution in [0.4, 0.5) is 0 Å². The zero-order valence-electron chi connectivity index (χ0n) is 11.6. The molecule has 1 aromatic rings. The van der Waals surface area contributed by atoms with Crippen molar-refractivity contribution in [3.8, 4) is 5.75 Å². The third kappa shape index (κ3) is 3.46. The van der Waals surface area contributed by atoms with Gasteiger partial charge in [-0.15, -0.1) is 0 Å². The molecule has 4 nitrogen and oxygen atoms in total. The second-order valence-electron chi connectivity index (χ2n) is 5.28. The molecule has 0 atom stereocenters. The minimum absolute atomic E-state index is 0.0719. The zero-order chi connectivity index (χ0) is 13.7. The van der Waals surface area contributed by atoms with Gasteiger partial charge in [-0.3, -0.25) is 9.78 Å². The topological polar surface area (TPSA) is 48.4 Å². The summed E-state index contributed by atoms with van der Waals surface area (Å²) < 4.78 is 11.0. The fourth-order valence-electron chi connectivity index (χ4n) is 2.47. The van der Waals surface area contributed by atoms with Crippen molar-refractivity contribution in [2.24, 2.45) is 5.41 Å². The van der Waals surface area contributed by atoms with Crippen LogP contribution in [0.25, 0.3) is 0 Å². The van der Waals surface area contributed by atoms with Crippen LogP contribution >= 0.6 is 0 Å². The molecular weight excluding hydrogens is 242 g/mol. The van der Waals surface area contributed by atoms with Crippen LogP contribution in [0.5, 0.6) is 5.75 Å². The summed E-state index contributed by atoms with van der Waals surface area (Å²) >= 11 is 0. The molecular formula is C15H21NO3. The van der Waals surface area contributed by atoms with Crippen LogP contribution in [0.2, 0.25) is 0 Å². The Morgan fingerprint density at radius 1 is 1.37 bits per heavy atom. The van der Waals surface area contributed by atoms with Crippen molar-refractivity contribution in [3.05, 3.63) is 24.5 Å². The number of rotatable bonds is 4. The molecule has 4 heteroatoms. The Labute approximate surface area is 114 Å². The van der Waals surface area contributed by atoms with Gasteiger partial charge in [0.2, 0.25) is 0 Å². The van der Waals surface area contributed by atoms with Gasteiger partial charge in [0.05, 0.1) is 18.1 Å². The highest BCUT2D eigenvalue weighted by molar-refractivity contribution is 5.76. The van der Waals surface area contributed by atoms with E-state index >= 15 is 0 Å². The molecule has 1 aliphatic rings. The van der Waals surface area contributed by atoms with Gasteiger partial charge in [-0.05, 0) is 51.7 Å². The first kappa shape index (κ1) is 13.8. The number of esters is 1. The summed E-state index contributed by atoms with van der Waals surface area (Å²) in [7, 11) is 0. The molecule has 1 aromatic heterocycles. The van der Waals surface area contributed by atoms with Gasteiger partial charge in [0.1, 0.15) is 5.75 Å². The molecule has 0 radical (unpaired) electrons. The van der Waals surface area contributed by atoms with Crippen molar-refractivity contribution < 1.29 is 14.3 Å². The summed E-state index contributed by atoms with van der Waals surface area (Å²) in [6.45, 7) is 4.29. The van der Waals surface area contributed by atoms with Gasteiger partial charge < -0.3 is 9.47 Å². The van der Waals surface area contributed by atoms with Crippen molar-refractivity contribution in [2.45, 2.75) is 45.6 Å². The zero-order valence-corrected chi connectivity index (χ0v) is 11.6. The molecule has 0 aliphatic heterocycles. The maximum absolute atomic E-state index is 11.9. The lowest BCUT2D eigenvalue weighted by molar-refractivity contribution is -0.157. The summed E-state index contributed by atoms with van der Waals surface area (Å²) in [4.78, 5) is 15.9. The fraction of sp³-hybridized carbons (Fsp3) is 0.600. The third-order valence-electron chi connectivity index (χ3n) is 3.76. The predicted molar refractivity (Wildman–Crippen MR) is 71.9 cm³/mol. The number of carbonyl (C=O) groups excluding carboxylic acids is 1. The third-order valence-corrected chi connectivity index (χ3v) is 3.76. The number of nitrogens with zero attached hydrogens (tertiary/aromatic N) is 1. The SMILES string of the molecule is CCOC(=O)[C@]1(C)CC[C@@H](Oc2ccncc2)CC1. The molecule has 0 saturated heterocycles. The van der Waals surface area contributed by atoms with E-state index in [0.29, 0.717) is 6.61 Å². The molecule has 0 N–H and O–H groups in total. The van der Waals surface area contributed by atoms with Crippen LogP contribution in [0, 0.1) is 5.41 Å². The van der Waals surface area contributed by atoms with Crippen molar-refractivity contribution in [3.63, 3.8) is 0 Å². The van der Waals surface area contributed by atoms with Crippen molar-refractivity contribution in [2.75, 3.05) is 6.61 Å². The first-order valence-corrected chi connectivity index (χ1v) is 6.88. The standard InChI is InChI=1S/C15H21NO3/c1-3-18-14(17)15(2)8-4-12(5-9-15)19-13-6-10-16-11-7-13/h6-7,10-12H,3-5,8-9H2,1-2H3/t12-,15-. The highest BCUT2D eigenvalue weighted by atomic mass is 16.5. The molecule has 19 heavy (non-hydrogen) atoms. The Morgan fingerprint density at radius 2 is 2.00 bits per heavy atom. The number of aromatic nitrogens is 1. The first-order chi connectivity index (χ1) is 9.14. The van der Waals surface area contributed by atoms with E-state index in [1.807, 2.05) is 26.0 Å². The van der Waals surface area contributed by atoms with Crippen LogP contribution < -0.4 is 4.74 Å². The Balaban J connectivity index is 1.87. The number of hydrogen-bond acceptors (Lipinski definition) is 4. The summed E-state index contributed by atoms with van der Waals surface area (Å²) in [6, 6.07) is 3.72. The van der Waals surface area contributed by atoms with E-state index in [2.05, 4.69) is 4.98 Å². The smallest absolute Gasteiger partial charge is 0.311 e. The van der Waals surface area contributed by atoms with Gasteiger partial charge in [-0.1, -0.05) is 0 Å². The largest absolute Gasteiger partial charge is 0.490 e. The van der Waals surface area contributed by atoms with E-state index in [1.165, 1.54) is 0 Å². The van der Waals surface area contributed by atoms with Crippen LogP contribution in [0.3, 0.4) is 0 Å². The van der Waals surface area contributed by atoms with Crippen molar-refractivity contribution in [1.82, 2.24) is 4.98 Å². The Kier molecular flexibility index (Phi) is 4.40. The molecule has 1 aliphatic carbocycles. The Hall–Kier alpha value is -1.58. The number of carbonyl (C=O) groups is 1. The van der Waals surface area contributed by atoms with Crippen LogP contribution in [0.15, 0.2) is 24.5 Å². The van der Waals surface area contributed by atoms with Crippen molar-refractivity contribution in [1.29, 1.82) is 0 Å². The predicted octanol–water partition coefficient (Wildman–Crippen LogP) is 2.97. The summed E-state index contributed by atoms with van der Waals surface area (Å²) in [5.41, 5.74) is -0.339. The average molecular weight is 263 g/mol. The van der Waals surface area contributed by atoms with E-state index in [0.717, 1.165) is 31.4 Å². The number of hydrogen-bond donors (Lipinski definition) is 0. The Bertz CT molecular complexity index is 411. The first-order valence-electron chi connectivity index (χ1n) is 6.88.